The lowest BCUT2D eigenvalue weighted by Gasteiger charge is -2.16. The molecule has 0 bridgehead atoms. The van der Waals surface area contributed by atoms with Crippen LogP contribution in [-0.4, -0.2) is 21.0 Å². The fourth-order valence-electron chi connectivity index (χ4n) is 1.58. The maximum Gasteiger partial charge on any atom is 0.240 e. The third kappa shape index (κ3) is 4.57. The highest BCUT2D eigenvalue weighted by molar-refractivity contribution is 7.89. The zero-order valence-corrected chi connectivity index (χ0v) is 12.0. The van der Waals surface area contributed by atoms with Crippen molar-refractivity contribution in [2.45, 2.75) is 37.1 Å². The largest absolute Gasteiger partial charge is 0.329 e. The van der Waals surface area contributed by atoms with Crippen molar-refractivity contribution in [1.82, 2.24) is 4.72 Å². The molecule has 0 heterocycles. The van der Waals surface area contributed by atoms with Crippen LogP contribution in [0.15, 0.2) is 29.2 Å². The molecule has 4 nitrogen and oxygen atoms in total. The number of rotatable bonds is 7. The minimum atomic E-state index is -3.51. The van der Waals surface area contributed by atoms with E-state index in [0.717, 1.165) is 19.3 Å². The molecule has 1 unspecified atom stereocenters. The molecule has 1 aromatic rings. The second-order valence-corrected chi connectivity index (χ2v) is 6.30. The molecule has 102 valence electrons. The Kier molecular flexibility index (Phi) is 6.08. The lowest BCUT2D eigenvalue weighted by molar-refractivity contribution is 0.516. The van der Waals surface area contributed by atoms with Crippen molar-refractivity contribution in [3.05, 3.63) is 29.3 Å². The molecule has 0 spiro atoms. The van der Waals surface area contributed by atoms with Gasteiger partial charge in [-0.15, -0.1) is 0 Å². The number of sulfonamides is 1. The maximum absolute atomic E-state index is 12.1. The highest BCUT2D eigenvalue weighted by atomic mass is 35.5. The fourth-order valence-corrected chi connectivity index (χ4v) is 2.99. The maximum atomic E-state index is 12.1. The average molecular weight is 291 g/mol. The minimum Gasteiger partial charge on any atom is -0.329 e. The van der Waals surface area contributed by atoms with Gasteiger partial charge in [-0.05, 0) is 30.7 Å². The minimum absolute atomic E-state index is 0.210. The van der Waals surface area contributed by atoms with Gasteiger partial charge in [0.15, 0.2) is 0 Å². The molecule has 0 amide bonds. The number of hydrogen-bond acceptors (Lipinski definition) is 3. The highest BCUT2D eigenvalue weighted by Gasteiger charge is 2.18. The molecular weight excluding hydrogens is 272 g/mol. The predicted octanol–water partition coefficient (Wildman–Crippen LogP) is 2.14. The van der Waals surface area contributed by atoms with Gasteiger partial charge in [0.25, 0.3) is 0 Å². The molecule has 0 aliphatic carbocycles. The van der Waals surface area contributed by atoms with E-state index < -0.39 is 10.0 Å². The molecule has 0 saturated carbocycles. The van der Waals surface area contributed by atoms with Crippen LogP contribution in [-0.2, 0) is 10.0 Å². The molecule has 1 aromatic carbocycles. The van der Waals surface area contributed by atoms with Gasteiger partial charge in [-0.25, -0.2) is 13.1 Å². The molecule has 6 heteroatoms. The number of unbranched alkanes of at least 4 members (excludes halogenated alkanes) is 1. The number of halogens is 1. The summed E-state index contributed by atoms with van der Waals surface area (Å²) in [6.07, 6.45) is 2.71. The van der Waals surface area contributed by atoms with Crippen molar-refractivity contribution in [2.75, 3.05) is 6.54 Å². The smallest absolute Gasteiger partial charge is 0.240 e. The lowest BCUT2D eigenvalue weighted by atomic mass is 10.1. The Labute approximate surface area is 114 Å². The third-order valence-electron chi connectivity index (χ3n) is 2.64. The summed E-state index contributed by atoms with van der Waals surface area (Å²) in [6.45, 7) is 2.36. The second kappa shape index (κ2) is 7.09. The van der Waals surface area contributed by atoms with Gasteiger partial charge in [0.05, 0.1) is 4.90 Å². The number of hydrogen-bond donors (Lipinski definition) is 2. The van der Waals surface area contributed by atoms with E-state index in [-0.39, 0.29) is 10.9 Å². The number of nitrogens with two attached hydrogens (primary N) is 1. The Bertz CT molecular complexity index is 459. The van der Waals surface area contributed by atoms with Crippen LogP contribution >= 0.6 is 11.6 Å². The van der Waals surface area contributed by atoms with Gasteiger partial charge >= 0.3 is 0 Å². The molecule has 3 N–H and O–H groups in total. The molecule has 0 radical (unpaired) electrons. The quantitative estimate of drug-likeness (QED) is 0.808. The molecule has 0 fully saturated rings. The van der Waals surface area contributed by atoms with Crippen molar-refractivity contribution in [3.63, 3.8) is 0 Å². The van der Waals surface area contributed by atoms with Crippen molar-refractivity contribution in [3.8, 4) is 0 Å². The summed E-state index contributed by atoms with van der Waals surface area (Å²) in [6, 6.07) is 5.86. The summed E-state index contributed by atoms with van der Waals surface area (Å²) < 4.78 is 26.8. The molecule has 0 aromatic heterocycles. The highest BCUT2D eigenvalue weighted by Crippen LogP contribution is 2.14. The van der Waals surface area contributed by atoms with Gasteiger partial charge in [0.1, 0.15) is 0 Å². The third-order valence-corrected chi connectivity index (χ3v) is 4.42. The van der Waals surface area contributed by atoms with Crippen LogP contribution in [0.5, 0.6) is 0 Å². The van der Waals surface area contributed by atoms with E-state index in [2.05, 4.69) is 11.6 Å². The normalized spacial score (nSPS) is 13.5. The SMILES string of the molecule is CCCCC(CN)NS(=O)(=O)c1ccc(Cl)cc1. The Morgan fingerprint density at radius 1 is 1.33 bits per heavy atom. The summed E-state index contributed by atoms with van der Waals surface area (Å²) in [5, 5.41) is 0.510. The van der Waals surface area contributed by atoms with Crippen LogP contribution in [0.1, 0.15) is 26.2 Å². The number of nitrogens with one attached hydrogen (secondary N) is 1. The van der Waals surface area contributed by atoms with Gasteiger partial charge in [-0.2, -0.15) is 0 Å². The van der Waals surface area contributed by atoms with E-state index in [1.807, 2.05) is 0 Å². The van der Waals surface area contributed by atoms with Crippen LogP contribution < -0.4 is 10.5 Å². The van der Waals surface area contributed by atoms with E-state index in [9.17, 15) is 8.42 Å². The van der Waals surface area contributed by atoms with E-state index in [4.69, 9.17) is 17.3 Å². The van der Waals surface area contributed by atoms with Gasteiger partial charge in [-0.1, -0.05) is 31.4 Å². The van der Waals surface area contributed by atoms with Crippen LogP contribution in [0.2, 0.25) is 5.02 Å². The van der Waals surface area contributed by atoms with E-state index >= 15 is 0 Å². The predicted molar refractivity (Wildman–Crippen MR) is 74.1 cm³/mol. The van der Waals surface area contributed by atoms with E-state index in [1.54, 1.807) is 12.1 Å². The molecular formula is C12H19ClN2O2S. The first-order valence-corrected chi connectivity index (χ1v) is 7.83. The van der Waals surface area contributed by atoms with Crippen LogP contribution in [0.25, 0.3) is 0 Å². The van der Waals surface area contributed by atoms with Crippen LogP contribution in [0.4, 0.5) is 0 Å². The van der Waals surface area contributed by atoms with Crippen molar-refractivity contribution >= 4 is 21.6 Å². The van der Waals surface area contributed by atoms with Gasteiger partial charge in [0, 0.05) is 17.6 Å². The van der Waals surface area contributed by atoms with E-state index in [1.165, 1.54) is 12.1 Å². The standard InChI is InChI=1S/C12H19ClN2O2S/c1-2-3-4-11(9-14)15-18(16,17)12-7-5-10(13)6-8-12/h5-8,11,15H,2-4,9,14H2,1H3. The Hall–Kier alpha value is -0.620. The monoisotopic (exact) mass is 290 g/mol. The molecule has 0 aliphatic rings. The van der Waals surface area contributed by atoms with Gasteiger partial charge in [-0.3, -0.25) is 0 Å². The second-order valence-electron chi connectivity index (χ2n) is 4.15. The Morgan fingerprint density at radius 3 is 2.44 bits per heavy atom. The molecule has 1 rings (SSSR count). The Balaban J connectivity index is 2.77. The zero-order chi connectivity index (χ0) is 13.6. The lowest BCUT2D eigenvalue weighted by Crippen LogP contribution is -2.40. The van der Waals surface area contributed by atoms with Crippen molar-refractivity contribution < 1.29 is 8.42 Å². The molecule has 1 atom stereocenters. The summed E-state index contributed by atoms with van der Waals surface area (Å²) >= 11 is 5.73. The van der Waals surface area contributed by atoms with Crippen molar-refractivity contribution in [1.29, 1.82) is 0 Å². The summed E-state index contributed by atoms with van der Waals surface area (Å²) in [5.74, 6) is 0. The molecule has 0 aliphatic heterocycles. The average Bonchev–Trinajstić information content (AvgIpc) is 2.35. The van der Waals surface area contributed by atoms with Gasteiger partial charge in [0.2, 0.25) is 10.0 Å². The number of benzene rings is 1. The summed E-state index contributed by atoms with van der Waals surface area (Å²) in [5.41, 5.74) is 5.57. The molecule has 0 saturated heterocycles. The first kappa shape index (κ1) is 15.4. The fraction of sp³-hybridized carbons (Fsp3) is 0.500. The Morgan fingerprint density at radius 2 is 1.94 bits per heavy atom. The van der Waals surface area contributed by atoms with E-state index in [0.29, 0.717) is 11.6 Å². The van der Waals surface area contributed by atoms with Crippen molar-refractivity contribution in [2.24, 2.45) is 5.73 Å². The first-order chi connectivity index (χ1) is 8.49. The van der Waals surface area contributed by atoms with Crippen LogP contribution in [0, 0.1) is 0 Å². The van der Waals surface area contributed by atoms with Crippen LogP contribution in [0.3, 0.4) is 0 Å². The summed E-state index contributed by atoms with van der Waals surface area (Å²) in [7, 11) is -3.51. The first-order valence-electron chi connectivity index (χ1n) is 5.97. The zero-order valence-electron chi connectivity index (χ0n) is 10.4. The van der Waals surface area contributed by atoms with Gasteiger partial charge < -0.3 is 5.73 Å². The molecule has 18 heavy (non-hydrogen) atoms. The topological polar surface area (TPSA) is 72.2 Å². The summed E-state index contributed by atoms with van der Waals surface area (Å²) in [4.78, 5) is 0.210.